The molecule has 0 saturated heterocycles. The average Bonchev–Trinajstić information content (AvgIpc) is 3.31. The van der Waals surface area contributed by atoms with Crippen molar-refractivity contribution in [3.63, 3.8) is 0 Å². The average molecular weight is 415 g/mol. The highest BCUT2D eigenvalue weighted by atomic mass is 16.4. The van der Waals surface area contributed by atoms with E-state index in [1.54, 1.807) is 6.08 Å². The van der Waals surface area contributed by atoms with Gasteiger partial charge in [0, 0.05) is 11.5 Å². The molecule has 2 rings (SSSR count). The van der Waals surface area contributed by atoms with Gasteiger partial charge in [0.2, 0.25) is 5.91 Å². The summed E-state index contributed by atoms with van der Waals surface area (Å²) in [6.07, 6.45) is 8.54. The van der Waals surface area contributed by atoms with Gasteiger partial charge in [0.15, 0.2) is 0 Å². The van der Waals surface area contributed by atoms with Crippen LogP contribution in [0.4, 0.5) is 0 Å². The van der Waals surface area contributed by atoms with Crippen LogP contribution in [0.15, 0.2) is 42.1 Å². The first kappa shape index (κ1) is 24.1. The Morgan fingerprint density at radius 1 is 1.10 bits per heavy atom. The first-order valence-electron chi connectivity index (χ1n) is 11.2. The minimum atomic E-state index is -1.31. The third-order valence-corrected chi connectivity index (χ3v) is 6.08. The number of aliphatic carboxylic acids is 1. The van der Waals surface area contributed by atoms with Crippen molar-refractivity contribution in [2.24, 2.45) is 11.3 Å². The number of hydrogen-bond donors (Lipinski definition) is 1. The highest BCUT2D eigenvalue weighted by Crippen LogP contribution is 2.51. The zero-order chi connectivity index (χ0) is 22.2. The quantitative estimate of drug-likeness (QED) is 0.306. The lowest BCUT2D eigenvalue weighted by atomic mass is 10.1. The van der Waals surface area contributed by atoms with Gasteiger partial charge in [0.05, 0.1) is 32.3 Å². The van der Waals surface area contributed by atoms with Crippen LogP contribution in [0.5, 0.6) is 0 Å². The molecule has 1 saturated carbocycles. The molecule has 1 aromatic carbocycles. The monoisotopic (exact) mass is 414 g/mol. The van der Waals surface area contributed by atoms with Crippen molar-refractivity contribution in [3.05, 3.63) is 47.7 Å². The summed E-state index contributed by atoms with van der Waals surface area (Å²) in [5.41, 5.74) is 1.27. The fourth-order valence-electron chi connectivity index (χ4n) is 3.94. The van der Waals surface area contributed by atoms with E-state index >= 15 is 0 Å². The number of rotatable bonds is 13. The normalized spacial score (nSPS) is 18.1. The third kappa shape index (κ3) is 8.31. The molecular formula is C25H38N2O3. The van der Waals surface area contributed by atoms with E-state index in [0.29, 0.717) is 6.42 Å². The van der Waals surface area contributed by atoms with Crippen LogP contribution in [0, 0.1) is 11.3 Å². The number of carboxylic acids is 1. The molecule has 0 spiro atoms. The van der Waals surface area contributed by atoms with Crippen molar-refractivity contribution < 1.29 is 19.2 Å². The molecule has 1 aromatic rings. The maximum Gasteiger partial charge on any atom is 0.228 e. The molecule has 1 atom stereocenters. The summed E-state index contributed by atoms with van der Waals surface area (Å²) in [5.74, 6) is -1.60. The van der Waals surface area contributed by atoms with Gasteiger partial charge in [-0.2, -0.15) is 0 Å². The van der Waals surface area contributed by atoms with Crippen LogP contribution in [0.25, 0.3) is 0 Å². The Morgan fingerprint density at radius 2 is 1.70 bits per heavy atom. The van der Waals surface area contributed by atoms with E-state index in [-0.39, 0.29) is 22.9 Å². The molecule has 1 aliphatic carbocycles. The van der Waals surface area contributed by atoms with Crippen LogP contribution in [0.1, 0.15) is 64.4 Å². The molecular weight excluding hydrogens is 376 g/mol. The van der Waals surface area contributed by atoms with Gasteiger partial charge in [0.25, 0.3) is 0 Å². The van der Waals surface area contributed by atoms with Gasteiger partial charge in [-0.05, 0) is 37.5 Å². The number of nitrogens with zero attached hydrogens (tertiary/aromatic N) is 1. The molecule has 1 amide bonds. The second-order valence-electron chi connectivity index (χ2n) is 10.00. The van der Waals surface area contributed by atoms with E-state index in [2.05, 4.69) is 49.7 Å². The standard InChI is InChI=1S/C25H38N2O3/c1-25(2)18-21(25)23(28)26-22(24(29)30)16-12-7-5-6-8-13-17-27(3,4)19-20-14-10-9-11-15-20/h9-11,14-16,21H,5-8,12-13,17-19H2,1-4H3,(H-,26,28,29,30). The summed E-state index contributed by atoms with van der Waals surface area (Å²) in [6.45, 7) is 6.22. The van der Waals surface area contributed by atoms with E-state index in [9.17, 15) is 14.7 Å². The molecule has 0 aliphatic heterocycles. The molecule has 0 heterocycles. The van der Waals surface area contributed by atoms with Gasteiger partial charge in [-0.1, -0.05) is 63.1 Å². The molecule has 5 heteroatoms. The van der Waals surface area contributed by atoms with E-state index in [1.807, 2.05) is 13.8 Å². The number of carbonyl (C=O) groups excluding carboxylic acids is 2. The van der Waals surface area contributed by atoms with Crippen LogP contribution in [-0.2, 0) is 16.1 Å². The molecule has 1 N–H and O–H groups in total. The summed E-state index contributed by atoms with van der Waals surface area (Å²) in [5, 5.41) is 13.8. The third-order valence-electron chi connectivity index (χ3n) is 6.08. The lowest BCUT2D eigenvalue weighted by molar-refractivity contribution is -0.903. The summed E-state index contributed by atoms with van der Waals surface area (Å²) < 4.78 is 0.985. The van der Waals surface area contributed by atoms with Crippen LogP contribution in [0.2, 0.25) is 0 Å². The number of unbranched alkanes of at least 4 members (excludes halogenated alkanes) is 5. The van der Waals surface area contributed by atoms with E-state index in [4.69, 9.17) is 0 Å². The Kier molecular flexibility index (Phi) is 8.65. The fourth-order valence-corrected chi connectivity index (χ4v) is 3.94. The molecule has 166 valence electrons. The second-order valence-corrected chi connectivity index (χ2v) is 10.00. The molecule has 0 radical (unpaired) electrons. The minimum Gasteiger partial charge on any atom is -0.543 e. The Labute approximate surface area is 181 Å². The lowest BCUT2D eigenvalue weighted by Crippen LogP contribution is -2.39. The molecule has 1 fully saturated rings. The maximum atomic E-state index is 12.1. The van der Waals surface area contributed by atoms with E-state index in [1.165, 1.54) is 18.4 Å². The number of allylic oxidation sites excluding steroid dienone is 1. The Hall–Kier alpha value is -2.14. The number of amides is 1. The summed E-state index contributed by atoms with van der Waals surface area (Å²) >= 11 is 0. The zero-order valence-electron chi connectivity index (χ0n) is 19.1. The first-order valence-corrected chi connectivity index (χ1v) is 11.2. The largest absolute Gasteiger partial charge is 0.543 e. The minimum absolute atomic E-state index is 0.0184. The second kappa shape index (κ2) is 10.8. The number of nitrogens with one attached hydrogen (secondary N) is 1. The van der Waals surface area contributed by atoms with Crippen molar-refractivity contribution in [2.45, 2.75) is 65.3 Å². The SMILES string of the molecule is CC1(C)CC1C(=O)NC(=CCCCCCCC[N+](C)(C)Cc1ccccc1)C(=O)[O-]. The highest BCUT2D eigenvalue weighted by molar-refractivity contribution is 5.93. The molecule has 30 heavy (non-hydrogen) atoms. The summed E-state index contributed by atoms with van der Waals surface area (Å²) in [7, 11) is 4.55. The predicted octanol–water partition coefficient (Wildman–Crippen LogP) is 3.40. The number of hydrogen-bond acceptors (Lipinski definition) is 3. The molecule has 1 unspecified atom stereocenters. The molecule has 0 aromatic heterocycles. The fraction of sp³-hybridized carbons (Fsp3) is 0.600. The summed E-state index contributed by atoms with van der Waals surface area (Å²) in [4.78, 5) is 23.4. The Balaban J connectivity index is 1.59. The van der Waals surface area contributed by atoms with Gasteiger partial charge in [-0.15, -0.1) is 0 Å². The van der Waals surface area contributed by atoms with Gasteiger partial charge in [-0.25, -0.2) is 0 Å². The lowest BCUT2D eigenvalue weighted by Gasteiger charge is -2.30. The number of benzene rings is 1. The zero-order valence-corrected chi connectivity index (χ0v) is 19.1. The van der Waals surface area contributed by atoms with Crippen molar-refractivity contribution in [1.29, 1.82) is 0 Å². The van der Waals surface area contributed by atoms with Gasteiger partial charge in [0.1, 0.15) is 6.54 Å². The number of quaternary nitrogens is 1. The van der Waals surface area contributed by atoms with Gasteiger partial charge in [-0.3, -0.25) is 4.79 Å². The van der Waals surface area contributed by atoms with Crippen molar-refractivity contribution in [2.75, 3.05) is 20.6 Å². The Morgan fingerprint density at radius 3 is 2.30 bits per heavy atom. The highest BCUT2D eigenvalue weighted by Gasteiger charge is 2.50. The van der Waals surface area contributed by atoms with Crippen molar-refractivity contribution in [3.8, 4) is 0 Å². The van der Waals surface area contributed by atoms with Crippen LogP contribution < -0.4 is 10.4 Å². The maximum absolute atomic E-state index is 12.1. The predicted molar refractivity (Wildman–Crippen MR) is 118 cm³/mol. The van der Waals surface area contributed by atoms with Gasteiger partial charge >= 0.3 is 0 Å². The number of carboxylic acid groups (broad SMARTS) is 1. The smallest absolute Gasteiger partial charge is 0.228 e. The first-order chi connectivity index (χ1) is 14.1. The summed E-state index contributed by atoms with van der Waals surface area (Å²) in [6, 6.07) is 10.6. The Bertz CT molecular complexity index is 738. The van der Waals surface area contributed by atoms with Crippen molar-refractivity contribution in [1.82, 2.24) is 5.32 Å². The van der Waals surface area contributed by atoms with Crippen LogP contribution in [-0.4, -0.2) is 37.0 Å². The van der Waals surface area contributed by atoms with E-state index < -0.39 is 5.97 Å². The van der Waals surface area contributed by atoms with E-state index in [0.717, 1.165) is 43.3 Å². The van der Waals surface area contributed by atoms with Gasteiger partial charge < -0.3 is 19.7 Å². The topological polar surface area (TPSA) is 69.2 Å². The molecule has 5 nitrogen and oxygen atoms in total. The van der Waals surface area contributed by atoms with Crippen LogP contribution in [0.3, 0.4) is 0 Å². The molecule has 1 aliphatic rings. The number of carbonyl (C=O) groups is 2. The van der Waals surface area contributed by atoms with Crippen molar-refractivity contribution >= 4 is 11.9 Å². The molecule has 0 bridgehead atoms. The van der Waals surface area contributed by atoms with Crippen LogP contribution >= 0.6 is 0 Å².